The van der Waals surface area contributed by atoms with Crippen LogP contribution in [-0.4, -0.2) is 35.2 Å². The van der Waals surface area contributed by atoms with Crippen molar-refractivity contribution in [1.82, 2.24) is 29.3 Å². The lowest BCUT2D eigenvalue weighted by Gasteiger charge is -2.09. The Morgan fingerprint density at radius 1 is 1.03 bits per heavy atom. The summed E-state index contributed by atoms with van der Waals surface area (Å²) in [5.74, 6) is -0.194. The zero-order valence-electron chi connectivity index (χ0n) is 15.7. The van der Waals surface area contributed by atoms with E-state index >= 15 is 0 Å². The molecule has 2 N–H and O–H groups in total. The summed E-state index contributed by atoms with van der Waals surface area (Å²) in [4.78, 5) is 45.5. The van der Waals surface area contributed by atoms with E-state index in [1.807, 2.05) is 30.3 Å². The van der Waals surface area contributed by atoms with Crippen molar-refractivity contribution >= 4 is 11.9 Å². The SMILES string of the molecule is O=C(Cn1c(=O)ccn(Cc2ccccc2)c1=O)Nc1n[nH]c(-c2ccccn2)n1. The van der Waals surface area contributed by atoms with Gasteiger partial charge < -0.3 is 0 Å². The molecule has 1 aromatic carbocycles. The standard InChI is InChI=1S/C20H17N7O3/c28-16(22-19-23-18(24-25-19)15-8-4-5-10-21-15)13-27-17(29)9-11-26(20(27)30)12-14-6-2-1-3-7-14/h1-11H,12-13H2,(H2,22,23,24,25,28). The number of amides is 1. The number of aromatic amines is 1. The highest BCUT2D eigenvalue weighted by atomic mass is 16.2. The molecule has 3 aromatic heterocycles. The van der Waals surface area contributed by atoms with E-state index in [1.54, 1.807) is 24.4 Å². The summed E-state index contributed by atoms with van der Waals surface area (Å²) in [6.07, 6.45) is 3.03. The molecule has 1 amide bonds. The van der Waals surface area contributed by atoms with Gasteiger partial charge in [-0.3, -0.25) is 34.1 Å². The summed E-state index contributed by atoms with van der Waals surface area (Å²) < 4.78 is 2.24. The van der Waals surface area contributed by atoms with E-state index in [0.717, 1.165) is 10.1 Å². The van der Waals surface area contributed by atoms with Gasteiger partial charge in [-0.2, -0.15) is 4.98 Å². The summed E-state index contributed by atoms with van der Waals surface area (Å²) in [5.41, 5.74) is 0.319. The van der Waals surface area contributed by atoms with E-state index in [0.29, 0.717) is 11.5 Å². The van der Waals surface area contributed by atoms with E-state index in [1.165, 1.54) is 16.8 Å². The summed E-state index contributed by atoms with van der Waals surface area (Å²) in [6.45, 7) is -0.170. The molecule has 0 aliphatic rings. The molecule has 0 fully saturated rings. The van der Waals surface area contributed by atoms with Crippen molar-refractivity contribution in [2.45, 2.75) is 13.1 Å². The highest BCUT2D eigenvalue weighted by Crippen LogP contribution is 2.11. The van der Waals surface area contributed by atoms with Gasteiger partial charge in [0.25, 0.3) is 5.56 Å². The lowest BCUT2D eigenvalue weighted by atomic mass is 10.2. The number of hydrogen-bond donors (Lipinski definition) is 2. The number of aromatic nitrogens is 6. The average molecular weight is 403 g/mol. The molecular weight excluding hydrogens is 386 g/mol. The minimum atomic E-state index is -0.599. The fraction of sp³-hybridized carbons (Fsp3) is 0.100. The normalized spacial score (nSPS) is 10.7. The van der Waals surface area contributed by atoms with Crippen LogP contribution >= 0.6 is 0 Å². The first-order valence-electron chi connectivity index (χ1n) is 9.08. The number of nitrogens with zero attached hydrogens (tertiary/aromatic N) is 5. The van der Waals surface area contributed by atoms with Gasteiger partial charge in [0.2, 0.25) is 11.9 Å². The lowest BCUT2D eigenvalue weighted by Crippen LogP contribution is -2.41. The van der Waals surface area contributed by atoms with Crippen LogP contribution in [0.3, 0.4) is 0 Å². The second-order valence-corrected chi connectivity index (χ2v) is 6.41. The summed E-state index contributed by atoms with van der Waals surface area (Å²) in [5, 5.41) is 9.07. The van der Waals surface area contributed by atoms with Gasteiger partial charge in [0.05, 0.1) is 6.54 Å². The second-order valence-electron chi connectivity index (χ2n) is 6.41. The van der Waals surface area contributed by atoms with Crippen molar-refractivity contribution in [2.24, 2.45) is 0 Å². The van der Waals surface area contributed by atoms with Crippen LogP contribution in [-0.2, 0) is 17.9 Å². The van der Waals surface area contributed by atoms with Gasteiger partial charge in [-0.25, -0.2) is 4.79 Å². The first-order valence-corrected chi connectivity index (χ1v) is 9.08. The van der Waals surface area contributed by atoms with Crippen LogP contribution in [0, 0.1) is 0 Å². The number of rotatable bonds is 6. The van der Waals surface area contributed by atoms with Gasteiger partial charge in [-0.05, 0) is 17.7 Å². The molecule has 0 saturated heterocycles. The van der Waals surface area contributed by atoms with E-state index in [4.69, 9.17) is 0 Å². The zero-order valence-corrected chi connectivity index (χ0v) is 15.7. The van der Waals surface area contributed by atoms with Crippen LogP contribution in [0.4, 0.5) is 5.95 Å². The summed E-state index contributed by atoms with van der Waals surface area (Å²) in [6, 6.07) is 15.9. The van der Waals surface area contributed by atoms with Gasteiger partial charge in [-0.1, -0.05) is 36.4 Å². The van der Waals surface area contributed by atoms with Crippen molar-refractivity contribution in [1.29, 1.82) is 0 Å². The van der Waals surface area contributed by atoms with E-state index < -0.39 is 23.7 Å². The van der Waals surface area contributed by atoms with E-state index in [9.17, 15) is 14.4 Å². The monoisotopic (exact) mass is 403 g/mol. The summed E-state index contributed by atoms with van der Waals surface area (Å²) in [7, 11) is 0. The maximum atomic E-state index is 12.7. The molecule has 4 rings (SSSR count). The number of H-pyrrole nitrogens is 1. The molecule has 10 nitrogen and oxygen atoms in total. The van der Waals surface area contributed by atoms with Crippen LogP contribution in [0.2, 0.25) is 0 Å². The van der Waals surface area contributed by atoms with Crippen LogP contribution in [0.5, 0.6) is 0 Å². The Hall–Kier alpha value is -4.34. The molecule has 0 radical (unpaired) electrons. The van der Waals surface area contributed by atoms with Crippen molar-refractivity contribution in [3.05, 3.63) is 93.4 Å². The highest BCUT2D eigenvalue weighted by Gasteiger charge is 2.13. The third kappa shape index (κ3) is 4.22. The molecule has 0 atom stereocenters. The number of carbonyl (C=O) groups is 1. The Labute approximate surface area is 169 Å². The molecule has 4 aromatic rings. The van der Waals surface area contributed by atoms with Crippen molar-refractivity contribution in [2.75, 3.05) is 5.32 Å². The minimum Gasteiger partial charge on any atom is -0.296 e. The average Bonchev–Trinajstić information content (AvgIpc) is 3.23. The third-order valence-electron chi connectivity index (χ3n) is 4.28. The Morgan fingerprint density at radius 2 is 1.83 bits per heavy atom. The predicted molar refractivity (Wildman–Crippen MR) is 109 cm³/mol. The summed E-state index contributed by atoms with van der Waals surface area (Å²) >= 11 is 0. The number of hydrogen-bond acceptors (Lipinski definition) is 6. The van der Waals surface area contributed by atoms with Crippen LogP contribution < -0.4 is 16.6 Å². The maximum absolute atomic E-state index is 12.7. The number of benzene rings is 1. The van der Waals surface area contributed by atoms with Crippen LogP contribution in [0.1, 0.15) is 5.56 Å². The molecule has 0 aliphatic heterocycles. The fourth-order valence-corrected chi connectivity index (χ4v) is 2.85. The van der Waals surface area contributed by atoms with Crippen LogP contribution in [0.15, 0.2) is 76.6 Å². The topological polar surface area (TPSA) is 128 Å². The lowest BCUT2D eigenvalue weighted by molar-refractivity contribution is -0.116. The zero-order chi connectivity index (χ0) is 20.9. The highest BCUT2D eigenvalue weighted by molar-refractivity contribution is 5.88. The molecule has 0 aliphatic carbocycles. The molecule has 0 saturated carbocycles. The van der Waals surface area contributed by atoms with E-state index in [-0.39, 0.29) is 12.5 Å². The quantitative estimate of drug-likeness (QED) is 0.492. The molecule has 3 heterocycles. The Balaban J connectivity index is 1.49. The van der Waals surface area contributed by atoms with E-state index in [2.05, 4.69) is 25.5 Å². The first-order chi connectivity index (χ1) is 14.6. The molecule has 0 bridgehead atoms. The Bertz CT molecular complexity index is 1280. The second kappa shape index (κ2) is 8.35. The molecule has 0 unspecified atom stereocenters. The van der Waals surface area contributed by atoms with Gasteiger partial charge in [0.15, 0.2) is 5.82 Å². The number of carbonyl (C=O) groups excluding carboxylic acids is 1. The smallest absolute Gasteiger partial charge is 0.296 e. The predicted octanol–water partition coefficient (Wildman–Crippen LogP) is 0.877. The molecular formula is C20H17N7O3. The van der Waals surface area contributed by atoms with Gasteiger partial charge in [0.1, 0.15) is 12.2 Å². The molecule has 30 heavy (non-hydrogen) atoms. The molecule has 150 valence electrons. The molecule has 0 spiro atoms. The number of anilines is 1. The van der Waals surface area contributed by atoms with Gasteiger partial charge >= 0.3 is 5.69 Å². The van der Waals surface area contributed by atoms with Gasteiger partial charge in [-0.15, -0.1) is 5.10 Å². The molecule has 10 heteroatoms. The fourth-order valence-electron chi connectivity index (χ4n) is 2.85. The Morgan fingerprint density at radius 3 is 2.60 bits per heavy atom. The third-order valence-corrected chi connectivity index (χ3v) is 4.28. The van der Waals surface area contributed by atoms with Crippen molar-refractivity contribution in [3.8, 4) is 11.5 Å². The maximum Gasteiger partial charge on any atom is 0.331 e. The van der Waals surface area contributed by atoms with Crippen LogP contribution in [0.25, 0.3) is 11.5 Å². The Kier molecular flexibility index (Phi) is 5.29. The first kappa shape index (κ1) is 19.0. The minimum absolute atomic E-state index is 0.0224. The van der Waals surface area contributed by atoms with Crippen molar-refractivity contribution < 1.29 is 4.79 Å². The van der Waals surface area contributed by atoms with Crippen molar-refractivity contribution in [3.63, 3.8) is 0 Å². The number of nitrogens with one attached hydrogen (secondary N) is 2. The largest absolute Gasteiger partial charge is 0.331 e. The van der Waals surface area contributed by atoms with Gasteiger partial charge in [0, 0.05) is 18.5 Å². The number of pyridine rings is 1.